The highest BCUT2D eigenvalue weighted by Gasteiger charge is 2.42. The number of rotatable bonds is 8. The fraction of sp³-hybridized carbons (Fsp3) is 0.550. The summed E-state index contributed by atoms with van der Waals surface area (Å²) in [5.41, 5.74) is 1.38. The van der Waals surface area contributed by atoms with Crippen molar-refractivity contribution in [2.75, 3.05) is 26.7 Å². The van der Waals surface area contributed by atoms with Crippen LogP contribution in [0.25, 0.3) is 0 Å². The van der Waals surface area contributed by atoms with Crippen LogP contribution in [0.5, 0.6) is 0 Å². The third-order valence-corrected chi connectivity index (χ3v) is 5.14. The predicted molar refractivity (Wildman–Crippen MR) is 101 cm³/mol. The molecule has 1 N–H and O–H groups in total. The number of hydrogen-bond donors (Lipinski definition) is 1. The summed E-state index contributed by atoms with van der Waals surface area (Å²) < 4.78 is 4.72. The number of likely N-dealkylation sites (N-methyl/N-ethyl adjacent to an activating group) is 1. The molecule has 3 rings (SSSR count). The SMILES string of the molecule is Cc1nonc1CN(C)CC1(O)CCCN(CCCc2ccccc2)C1=O. The van der Waals surface area contributed by atoms with Gasteiger partial charge in [0.05, 0.1) is 0 Å². The van der Waals surface area contributed by atoms with Gasteiger partial charge in [-0.05, 0) is 45.2 Å². The number of piperidine rings is 1. The Hall–Kier alpha value is -2.25. The number of carbonyl (C=O) groups excluding carboxylic acids is 1. The molecule has 0 saturated carbocycles. The maximum atomic E-state index is 12.9. The van der Waals surface area contributed by atoms with Crippen LogP contribution >= 0.6 is 0 Å². The van der Waals surface area contributed by atoms with Crippen molar-refractivity contribution in [1.29, 1.82) is 0 Å². The number of nitrogens with zero attached hydrogens (tertiary/aromatic N) is 4. The van der Waals surface area contributed by atoms with Gasteiger partial charge in [0.15, 0.2) is 5.60 Å². The first-order chi connectivity index (χ1) is 13.0. The minimum absolute atomic E-state index is 0.163. The summed E-state index contributed by atoms with van der Waals surface area (Å²) >= 11 is 0. The van der Waals surface area contributed by atoms with E-state index in [0.717, 1.165) is 30.7 Å². The smallest absolute Gasteiger partial charge is 0.255 e. The fourth-order valence-electron chi connectivity index (χ4n) is 3.69. The lowest BCUT2D eigenvalue weighted by molar-refractivity contribution is -0.159. The minimum Gasteiger partial charge on any atom is -0.379 e. The number of benzene rings is 1. The van der Waals surface area contributed by atoms with Gasteiger partial charge in [-0.25, -0.2) is 4.63 Å². The van der Waals surface area contributed by atoms with Crippen molar-refractivity contribution in [3.8, 4) is 0 Å². The summed E-state index contributed by atoms with van der Waals surface area (Å²) in [5, 5.41) is 18.6. The van der Waals surface area contributed by atoms with Gasteiger partial charge < -0.3 is 10.0 Å². The van der Waals surface area contributed by atoms with Crippen molar-refractivity contribution in [2.24, 2.45) is 0 Å². The standard InChI is InChI=1S/C20H28N4O3/c1-16-18(22-27-21-16)14-23(2)15-20(26)11-7-13-24(19(20)25)12-6-10-17-8-4-3-5-9-17/h3-5,8-9,26H,6-7,10-15H2,1-2H3. The topological polar surface area (TPSA) is 82.7 Å². The Balaban J connectivity index is 1.53. The molecule has 1 aromatic carbocycles. The van der Waals surface area contributed by atoms with Crippen LogP contribution < -0.4 is 0 Å². The largest absolute Gasteiger partial charge is 0.379 e. The maximum absolute atomic E-state index is 12.9. The molecule has 0 aliphatic carbocycles. The van der Waals surface area contributed by atoms with Crippen LogP contribution in [0.3, 0.4) is 0 Å². The van der Waals surface area contributed by atoms with Crippen molar-refractivity contribution >= 4 is 5.91 Å². The number of aryl methyl sites for hydroxylation is 2. The molecule has 1 fully saturated rings. The molecule has 1 aromatic heterocycles. The van der Waals surface area contributed by atoms with Crippen LogP contribution in [0, 0.1) is 6.92 Å². The molecule has 0 bridgehead atoms. The van der Waals surface area contributed by atoms with Gasteiger partial charge in [0.1, 0.15) is 11.4 Å². The van der Waals surface area contributed by atoms with E-state index in [9.17, 15) is 9.90 Å². The van der Waals surface area contributed by atoms with Crippen LogP contribution in [0.4, 0.5) is 0 Å². The van der Waals surface area contributed by atoms with Gasteiger partial charge in [-0.3, -0.25) is 9.69 Å². The van der Waals surface area contributed by atoms with Gasteiger partial charge in [-0.1, -0.05) is 40.6 Å². The summed E-state index contributed by atoms with van der Waals surface area (Å²) in [6.07, 6.45) is 3.13. The summed E-state index contributed by atoms with van der Waals surface area (Å²) in [6, 6.07) is 10.3. The van der Waals surface area contributed by atoms with Crippen molar-refractivity contribution in [3.63, 3.8) is 0 Å². The second kappa shape index (κ2) is 8.63. The maximum Gasteiger partial charge on any atom is 0.255 e. The third-order valence-electron chi connectivity index (χ3n) is 5.14. The molecule has 146 valence electrons. The summed E-state index contributed by atoms with van der Waals surface area (Å²) in [4.78, 5) is 16.6. The van der Waals surface area contributed by atoms with Gasteiger partial charge in [-0.15, -0.1) is 0 Å². The highest BCUT2D eigenvalue weighted by molar-refractivity contribution is 5.86. The Bertz CT molecular complexity index is 749. The van der Waals surface area contributed by atoms with E-state index in [1.807, 2.05) is 42.0 Å². The molecule has 1 aliphatic rings. The lowest BCUT2D eigenvalue weighted by atomic mass is 9.91. The van der Waals surface area contributed by atoms with E-state index in [0.29, 0.717) is 26.1 Å². The molecule has 1 amide bonds. The summed E-state index contributed by atoms with van der Waals surface area (Å²) in [5.74, 6) is -0.163. The Morgan fingerprint density at radius 1 is 1.30 bits per heavy atom. The normalized spacial score (nSPS) is 20.4. The predicted octanol–water partition coefficient (Wildman–Crippen LogP) is 1.80. The molecular formula is C20H28N4O3. The quantitative estimate of drug-likeness (QED) is 0.761. The van der Waals surface area contributed by atoms with E-state index >= 15 is 0 Å². The first-order valence-corrected chi connectivity index (χ1v) is 9.50. The summed E-state index contributed by atoms with van der Waals surface area (Å²) in [6.45, 7) is 3.97. The summed E-state index contributed by atoms with van der Waals surface area (Å²) in [7, 11) is 1.87. The van der Waals surface area contributed by atoms with E-state index in [2.05, 4.69) is 22.4 Å². The Morgan fingerprint density at radius 2 is 2.07 bits per heavy atom. The van der Waals surface area contributed by atoms with Gasteiger partial charge in [0.25, 0.3) is 5.91 Å². The Morgan fingerprint density at radius 3 is 2.78 bits per heavy atom. The van der Waals surface area contributed by atoms with E-state index in [-0.39, 0.29) is 12.5 Å². The highest BCUT2D eigenvalue weighted by Crippen LogP contribution is 2.24. The average Bonchev–Trinajstić information content (AvgIpc) is 3.04. The zero-order valence-electron chi connectivity index (χ0n) is 16.1. The molecule has 0 radical (unpaired) electrons. The average molecular weight is 372 g/mol. The molecule has 1 aliphatic heterocycles. The molecular weight excluding hydrogens is 344 g/mol. The van der Waals surface area contributed by atoms with Gasteiger partial charge >= 0.3 is 0 Å². The van der Waals surface area contributed by atoms with Crippen LogP contribution in [-0.4, -0.2) is 63.4 Å². The van der Waals surface area contributed by atoms with Gasteiger partial charge in [0.2, 0.25) is 0 Å². The van der Waals surface area contributed by atoms with Crippen molar-refractivity contribution < 1.29 is 14.5 Å². The van der Waals surface area contributed by atoms with Crippen LogP contribution in [0.2, 0.25) is 0 Å². The van der Waals surface area contributed by atoms with Crippen molar-refractivity contribution in [1.82, 2.24) is 20.1 Å². The van der Waals surface area contributed by atoms with E-state index in [1.54, 1.807) is 0 Å². The number of aromatic nitrogens is 2. The monoisotopic (exact) mass is 372 g/mol. The molecule has 7 nitrogen and oxygen atoms in total. The van der Waals surface area contributed by atoms with Crippen molar-refractivity contribution in [2.45, 2.75) is 44.8 Å². The van der Waals surface area contributed by atoms with E-state index < -0.39 is 5.60 Å². The second-order valence-corrected chi connectivity index (χ2v) is 7.49. The van der Waals surface area contributed by atoms with Gasteiger partial charge in [-0.2, -0.15) is 0 Å². The van der Waals surface area contributed by atoms with Crippen LogP contribution in [0.1, 0.15) is 36.2 Å². The van der Waals surface area contributed by atoms with E-state index in [4.69, 9.17) is 4.63 Å². The minimum atomic E-state index is -1.34. The Kier molecular flexibility index (Phi) is 6.23. The molecule has 1 atom stereocenters. The number of hydrogen-bond acceptors (Lipinski definition) is 6. The lowest BCUT2D eigenvalue weighted by Gasteiger charge is -2.40. The molecule has 27 heavy (non-hydrogen) atoms. The molecule has 2 heterocycles. The number of aliphatic hydroxyl groups is 1. The second-order valence-electron chi connectivity index (χ2n) is 7.49. The molecule has 7 heteroatoms. The number of carbonyl (C=O) groups is 1. The number of likely N-dealkylation sites (tertiary alicyclic amines) is 1. The third kappa shape index (κ3) is 4.93. The lowest BCUT2D eigenvalue weighted by Crippen LogP contribution is -2.58. The van der Waals surface area contributed by atoms with Crippen LogP contribution in [-0.2, 0) is 17.8 Å². The first kappa shape index (κ1) is 19.5. The van der Waals surface area contributed by atoms with E-state index in [1.165, 1.54) is 5.56 Å². The van der Waals surface area contributed by atoms with Gasteiger partial charge in [0, 0.05) is 26.2 Å². The Labute approximate surface area is 159 Å². The van der Waals surface area contributed by atoms with Crippen LogP contribution in [0.15, 0.2) is 35.0 Å². The van der Waals surface area contributed by atoms with Crippen molar-refractivity contribution in [3.05, 3.63) is 47.3 Å². The molecule has 1 unspecified atom stereocenters. The fourth-order valence-corrected chi connectivity index (χ4v) is 3.69. The zero-order valence-corrected chi connectivity index (χ0v) is 16.1. The molecule has 2 aromatic rings. The molecule has 1 saturated heterocycles. The first-order valence-electron chi connectivity index (χ1n) is 9.50. The zero-order chi connectivity index (χ0) is 19.3. The highest BCUT2D eigenvalue weighted by atomic mass is 16.6. The number of amides is 1. The molecule has 0 spiro atoms.